The van der Waals surface area contributed by atoms with Crippen molar-refractivity contribution >= 4 is 5.91 Å². The third kappa shape index (κ3) is 2.87. The van der Waals surface area contributed by atoms with E-state index in [2.05, 4.69) is 25.7 Å². The number of amides is 1. The number of rotatable bonds is 2. The summed E-state index contributed by atoms with van der Waals surface area (Å²) in [6.07, 6.45) is 4.33. The minimum Gasteiger partial charge on any atom is -0.380 e. The summed E-state index contributed by atoms with van der Waals surface area (Å²) in [4.78, 5) is 14.7. The van der Waals surface area contributed by atoms with Gasteiger partial charge in [0.05, 0.1) is 12.0 Å². The number of hydrogen-bond donors (Lipinski definition) is 0. The molecule has 1 unspecified atom stereocenters. The number of hydrogen-bond acceptors (Lipinski definition) is 2. The van der Waals surface area contributed by atoms with Gasteiger partial charge in [0.25, 0.3) is 0 Å². The summed E-state index contributed by atoms with van der Waals surface area (Å²) in [5.41, 5.74) is -0.261. The second-order valence-corrected chi connectivity index (χ2v) is 6.59. The molecule has 0 spiro atoms. The van der Waals surface area contributed by atoms with Crippen molar-refractivity contribution in [2.75, 3.05) is 26.3 Å². The normalized spacial score (nSPS) is 30.8. The smallest absolute Gasteiger partial charge is 0.230 e. The molecule has 2 heterocycles. The molecule has 0 aromatic carbocycles. The minimum atomic E-state index is -0.261. The molecule has 3 nitrogen and oxygen atoms in total. The van der Waals surface area contributed by atoms with Crippen LogP contribution in [-0.4, -0.2) is 37.1 Å². The van der Waals surface area contributed by atoms with Crippen LogP contribution in [0.5, 0.6) is 0 Å². The molecule has 0 saturated carbocycles. The molecule has 1 atom stereocenters. The van der Waals surface area contributed by atoms with Crippen molar-refractivity contribution in [2.24, 2.45) is 17.3 Å². The number of likely N-dealkylation sites (tertiary alicyclic amines) is 1. The molecule has 3 heteroatoms. The summed E-state index contributed by atoms with van der Waals surface area (Å²) in [6, 6.07) is 0. The largest absolute Gasteiger partial charge is 0.380 e. The van der Waals surface area contributed by atoms with Gasteiger partial charge in [-0.1, -0.05) is 13.8 Å². The number of nitrogens with zero attached hydrogens (tertiary/aromatic N) is 1. The SMILES string of the molecule is CC(C)C1CCN(C(=O)C2(C)CCCOC2)CC1. The summed E-state index contributed by atoms with van der Waals surface area (Å²) >= 11 is 0. The fraction of sp³-hybridized carbons (Fsp3) is 0.933. The molecule has 18 heavy (non-hydrogen) atoms. The zero-order valence-corrected chi connectivity index (χ0v) is 12.1. The number of piperidine rings is 1. The number of carbonyl (C=O) groups excluding carboxylic acids is 1. The van der Waals surface area contributed by atoms with Crippen LogP contribution < -0.4 is 0 Å². The Balaban J connectivity index is 1.90. The van der Waals surface area contributed by atoms with Crippen LogP contribution in [0.2, 0.25) is 0 Å². The highest BCUT2D eigenvalue weighted by molar-refractivity contribution is 5.82. The first kappa shape index (κ1) is 13.9. The van der Waals surface area contributed by atoms with E-state index in [0.29, 0.717) is 12.5 Å². The first-order valence-corrected chi connectivity index (χ1v) is 7.40. The standard InChI is InChI=1S/C15H27NO2/c1-12(2)13-5-8-16(9-6-13)14(17)15(3)7-4-10-18-11-15/h12-13H,4-11H2,1-3H3. The van der Waals surface area contributed by atoms with E-state index in [1.807, 2.05) is 0 Å². The molecule has 2 saturated heterocycles. The minimum absolute atomic E-state index is 0.261. The summed E-state index contributed by atoms with van der Waals surface area (Å²) < 4.78 is 5.51. The maximum absolute atomic E-state index is 12.6. The second kappa shape index (κ2) is 5.60. The number of carbonyl (C=O) groups is 1. The Kier molecular flexibility index (Phi) is 4.31. The molecule has 104 valence electrons. The molecule has 1 amide bonds. The molecule has 2 fully saturated rings. The van der Waals surface area contributed by atoms with Crippen molar-refractivity contribution in [2.45, 2.75) is 46.5 Å². The Morgan fingerprint density at radius 3 is 2.50 bits per heavy atom. The summed E-state index contributed by atoms with van der Waals surface area (Å²) in [5.74, 6) is 1.87. The topological polar surface area (TPSA) is 29.5 Å². The molecule has 0 N–H and O–H groups in total. The van der Waals surface area contributed by atoms with Gasteiger partial charge in [-0.25, -0.2) is 0 Å². The van der Waals surface area contributed by atoms with Crippen LogP contribution in [0, 0.1) is 17.3 Å². The first-order valence-electron chi connectivity index (χ1n) is 7.40. The lowest BCUT2D eigenvalue weighted by molar-refractivity contribution is -0.150. The molecule has 0 radical (unpaired) electrons. The van der Waals surface area contributed by atoms with Crippen LogP contribution in [0.25, 0.3) is 0 Å². The van der Waals surface area contributed by atoms with Crippen molar-refractivity contribution in [1.29, 1.82) is 0 Å². The molecule has 0 bridgehead atoms. The Morgan fingerprint density at radius 2 is 2.00 bits per heavy atom. The lowest BCUT2D eigenvalue weighted by Gasteiger charge is -2.40. The van der Waals surface area contributed by atoms with Crippen LogP contribution in [0.4, 0.5) is 0 Å². The Labute approximate surface area is 111 Å². The van der Waals surface area contributed by atoms with Crippen molar-refractivity contribution in [3.63, 3.8) is 0 Å². The average Bonchev–Trinajstić information content (AvgIpc) is 2.39. The van der Waals surface area contributed by atoms with Gasteiger partial charge in [-0.3, -0.25) is 4.79 Å². The van der Waals surface area contributed by atoms with Crippen molar-refractivity contribution in [3.8, 4) is 0 Å². The fourth-order valence-corrected chi connectivity index (χ4v) is 3.25. The highest BCUT2D eigenvalue weighted by Crippen LogP contribution is 2.33. The van der Waals surface area contributed by atoms with Crippen LogP contribution in [0.15, 0.2) is 0 Å². The van der Waals surface area contributed by atoms with Crippen LogP contribution in [-0.2, 0) is 9.53 Å². The zero-order chi connectivity index (χ0) is 13.2. The van der Waals surface area contributed by atoms with E-state index < -0.39 is 0 Å². The van der Waals surface area contributed by atoms with Gasteiger partial charge in [0.1, 0.15) is 0 Å². The van der Waals surface area contributed by atoms with E-state index >= 15 is 0 Å². The quantitative estimate of drug-likeness (QED) is 0.757. The predicted octanol–water partition coefficient (Wildman–Crippen LogP) is 2.70. The van der Waals surface area contributed by atoms with Gasteiger partial charge in [0.2, 0.25) is 5.91 Å². The van der Waals surface area contributed by atoms with E-state index in [1.165, 1.54) is 12.8 Å². The maximum Gasteiger partial charge on any atom is 0.230 e. The van der Waals surface area contributed by atoms with Gasteiger partial charge in [0.15, 0.2) is 0 Å². The molecule has 0 aromatic heterocycles. The first-order chi connectivity index (χ1) is 8.53. The van der Waals surface area contributed by atoms with E-state index in [9.17, 15) is 4.79 Å². The summed E-state index contributed by atoms with van der Waals surface area (Å²) in [5, 5.41) is 0. The van der Waals surface area contributed by atoms with Crippen molar-refractivity contribution < 1.29 is 9.53 Å². The van der Waals surface area contributed by atoms with E-state index in [4.69, 9.17) is 4.74 Å². The highest BCUT2D eigenvalue weighted by atomic mass is 16.5. The predicted molar refractivity (Wildman–Crippen MR) is 72.3 cm³/mol. The van der Waals surface area contributed by atoms with Crippen molar-refractivity contribution in [3.05, 3.63) is 0 Å². The van der Waals surface area contributed by atoms with Crippen molar-refractivity contribution in [1.82, 2.24) is 4.90 Å². The lowest BCUT2D eigenvalue weighted by atomic mass is 9.81. The molecule has 2 rings (SSSR count). The average molecular weight is 253 g/mol. The third-order valence-electron chi connectivity index (χ3n) is 4.72. The van der Waals surface area contributed by atoms with Gasteiger partial charge in [-0.15, -0.1) is 0 Å². The molecular formula is C15H27NO2. The van der Waals surface area contributed by atoms with Crippen LogP contribution in [0.1, 0.15) is 46.5 Å². The third-order valence-corrected chi connectivity index (χ3v) is 4.72. The molecule has 0 aliphatic carbocycles. The molecular weight excluding hydrogens is 226 g/mol. The Morgan fingerprint density at radius 1 is 1.33 bits per heavy atom. The molecule has 0 aromatic rings. The second-order valence-electron chi connectivity index (χ2n) is 6.59. The van der Waals surface area contributed by atoms with Gasteiger partial charge >= 0.3 is 0 Å². The molecule has 2 aliphatic rings. The van der Waals surface area contributed by atoms with Crippen LogP contribution in [0.3, 0.4) is 0 Å². The zero-order valence-electron chi connectivity index (χ0n) is 12.1. The Hall–Kier alpha value is -0.570. The fourth-order valence-electron chi connectivity index (χ4n) is 3.25. The van der Waals surface area contributed by atoms with Gasteiger partial charge in [0, 0.05) is 19.7 Å². The Bertz CT molecular complexity index is 287. The lowest BCUT2D eigenvalue weighted by Crippen LogP contribution is -2.49. The van der Waals surface area contributed by atoms with Crippen LogP contribution >= 0.6 is 0 Å². The van der Waals surface area contributed by atoms with Gasteiger partial charge in [-0.05, 0) is 44.4 Å². The van der Waals surface area contributed by atoms with E-state index in [1.54, 1.807) is 0 Å². The van der Waals surface area contributed by atoms with Gasteiger partial charge in [-0.2, -0.15) is 0 Å². The highest BCUT2D eigenvalue weighted by Gasteiger charge is 2.39. The number of ether oxygens (including phenoxy) is 1. The van der Waals surface area contributed by atoms with E-state index in [0.717, 1.165) is 44.4 Å². The monoisotopic (exact) mass is 253 g/mol. The van der Waals surface area contributed by atoms with Gasteiger partial charge < -0.3 is 9.64 Å². The van der Waals surface area contributed by atoms with E-state index in [-0.39, 0.29) is 5.41 Å². The summed E-state index contributed by atoms with van der Waals surface area (Å²) in [7, 11) is 0. The maximum atomic E-state index is 12.6. The summed E-state index contributed by atoms with van der Waals surface area (Å²) in [6.45, 7) is 9.96. The molecule has 2 aliphatic heterocycles.